The van der Waals surface area contributed by atoms with E-state index in [0.29, 0.717) is 28.7 Å². The van der Waals surface area contributed by atoms with Gasteiger partial charge in [0.05, 0.1) is 5.70 Å². The molecule has 0 saturated carbocycles. The summed E-state index contributed by atoms with van der Waals surface area (Å²) in [5.74, 6) is -0.565. The van der Waals surface area contributed by atoms with Gasteiger partial charge in [0, 0.05) is 40.3 Å². The Morgan fingerprint density at radius 2 is 1.66 bits per heavy atom. The number of carbonyl (C=O) groups is 2. The maximum atomic E-state index is 13.3. The zero-order valence-corrected chi connectivity index (χ0v) is 15.4. The average Bonchev–Trinajstić information content (AvgIpc) is 2.99. The van der Waals surface area contributed by atoms with Crippen molar-refractivity contribution in [2.24, 2.45) is 0 Å². The van der Waals surface area contributed by atoms with Crippen molar-refractivity contribution in [3.8, 4) is 5.75 Å². The molecule has 1 N–H and O–H groups in total. The van der Waals surface area contributed by atoms with Gasteiger partial charge in [-0.2, -0.15) is 8.78 Å². The third-order valence-corrected chi connectivity index (χ3v) is 5.70. The average molecular weight is 393 g/mol. The minimum atomic E-state index is -2.91. The van der Waals surface area contributed by atoms with Crippen LogP contribution >= 0.6 is 0 Å². The highest BCUT2D eigenvalue weighted by Gasteiger charge is 2.43. The van der Waals surface area contributed by atoms with E-state index in [1.807, 2.05) is 18.2 Å². The highest BCUT2D eigenvalue weighted by Crippen LogP contribution is 2.48. The molecule has 2 aliphatic carbocycles. The van der Waals surface area contributed by atoms with Crippen LogP contribution in [0.5, 0.6) is 5.75 Å². The summed E-state index contributed by atoms with van der Waals surface area (Å²) in [5, 5.41) is 3.37. The fraction of sp³-hybridized carbons (Fsp3) is 0.217. The quantitative estimate of drug-likeness (QED) is 0.829. The predicted molar refractivity (Wildman–Crippen MR) is 103 cm³/mol. The van der Waals surface area contributed by atoms with Gasteiger partial charge >= 0.3 is 6.61 Å². The number of hydrogen-bond acceptors (Lipinski definition) is 4. The maximum absolute atomic E-state index is 13.3. The van der Waals surface area contributed by atoms with Crippen molar-refractivity contribution >= 4 is 17.3 Å². The summed E-state index contributed by atoms with van der Waals surface area (Å²) in [6, 6.07) is 13.6. The molecule has 0 aromatic heterocycles. The molecular formula is C23H17F2NO3. The highest BCUT2D eigenvalue weighted by atomic mass is 19.3. The van der Waals surface area contributed by atoms with Crippen LogP contribution in [0.3, 0.4) is 0 Å². The number of hydrogen-bond donors (Lipinski definition) is 1. The van der Waals surface area contributed by atoms with Crippen molar-refractivity contribution in [3.05, 3.63) is 82.1 Å². The molecule has 0 spiro atoms. The molecule has 1 unspecified atom stereocenters. The Morgan fingerprint density at radius 3 is 2.38 bits per heavy atom. The van der Waals surface area contributed by atoms with Crippen LogP contribution in [0.1, 0.15) is 46.7 Å². The second-order valence-electron chi connectivity index (χ2n) is 7.34. The number of Topliss-reactive ketones (excluding diaryl/α,β-unsaturated/α-hetero) is 2. The number of rotatable bonds is 3. The Morgan fingerprint density at radius 1 is 0.931 bits per heavy atom. The molecule has 0 fully saturated rings. The number of ketones is 2. The minimum Gasteiger partial charge on any atom is -0.435 e. The Labute approximate surface area is 165 Å². The molecule has 5 rings (SSSR count). The molecule has 146 valence electrons. The van der Waals surface area contributed by atoms with Crippen molar-refractivity contribution in [2.45, 2.75) is 31.8 Å². The first kappa shape index (κ1) is 17.8. The van der Waals surface area contributed by atoms with Gasteiger partial charge in [-0.1, -0.05) is 36.4 Å². The van der Waals surface area contributed by atoms with Gasteiger partial charge in [0.1, 0.15) is 5.75 Å². The van der Waals surface area contributed by atoms with Crippen LogP contribution in [0.15, 0.2) is 65.4 Å². The van der Waals surface area contributed by atoms with Gasteiger partial charge in [-0.05, 0) is 30.5 Å². The first-order chi connectivity index (χ1) is 14.0. The second-order valence-corrected chi connectivity index (χ2v) is 7.34. The molecule has 0 saturated heterocycles. The number of ether oxygens (including phenoxy) is 1. The van der Waals surface area contributed by atoms with Crippen LogP contribution in [0.25, 0.3) is 5.70 Å². The van der Waals surface area contributed by atoms with E-state index in [-0.39, 0.29) is 17.3 Å². The predicted octanol–water partition coefficient (Wildman–Crippen LogP) is 4.59. The maximum Gasteiger partial charge on any atom is 0.387 e. The number of halogens is 2. The van der Waals surface area contributed by atoms with Gasteiger partial charge in [-0.3, -0.25) is 9.59 Å². The first-order valence-corrected chi connectivity index (χ1v) is 9.51. The monoisotopic (exact) mass is 393 g/mol. The number of benzene rings is 2. The molecule has 3 aliphatic rings. The highest BCUT2D eigenvalue weighted by molar-refractivity contribution is 6.23. The van der Waals surface area contributed by atoms with E-state index in [9.17, 15) is 18.4 Å². The summed E-state index contributed by atoms with van der Waals surface area (Å²) in [6.45, 7) is -2.91. The van der Waals surface area contributed by atoms with Crippen LogP contribution in [0.2, 0.25) is 0 Å². The fourth-order valence-electron chi connectivity index (χ4n) is 4.51. The summed E-state index contributed by atoms with van der Waals surface area (Å²) in [5.41, 5.74) is 4.91. The topological polar surface area (TPSA) is 55.4 Å². The summed E-state index contributed by atoms with van der Waals surface area (Å²) in [7, 11) is 0. The van der Waals surface area contributed by atoms with Crippen molar-refractivity contribution in [1.29, 1.82) is 0 Å². The van der Waals surface area contributed by atoms with Gasteiger partial charge in [0.15, 0.2) is 11.6 Å². The summed E-state index contributed by atoms with van der Waals surface area (Å²) in [6.07, 6.45) is 1.93. The molecule has 29 heavy (non-hydrogen) atoms. The smallest absolute Gasteiger partial charge is 0.387 e. The molecule has 2 aromatic rings. The lowest BCUT2D eigenvalue weighted by Gasteiger charge is -2.33. The van der Waals surface area contributed by atoms with E-state index in [2.05, 4.69) is 10.1 Å². The number of carbonyl (C=O) groups excluding carboxylic acids is 2. The van der Waals surface area contributed by atoms with E-state index in [0.717, 1.165) is 29.8 Å². The van der Waals surface area contributed by atoms with E-state index < -0.39 is 12.5 Å². The molecule has 1 aliphatic heterocycles. The molecule has 0 bridgehead atoms. The normalized spacial score (nSPS) is 20.4. The van der Waals surface area contributed by atoms with Crippen molar-refractivity contribution < 1.29 is 23.1 Å². The van der Waals surface area contributed by atoms with Gasteiger partial charge < -0.3 is 10.1 Å². The van der Waals surface area contributed by atoms with Crippen LogP contribution < -0.4 is 10.1 Å². The minimum absolute atomic E-state index is 0.0203. The zero-order valence-electron chi connectivity index (χ0n) is 15.4. The Kier molecular flexibility index (Phi) is 4.08. The van der Waals surface area contributed by atoms with E-state index >= 15 is 0 Å². The SMILES string of the molecule is O=C1CCCC2=C1C(c1ccc(OC(F)F)cc1)C1=C(N2)c2ccccc2C1=O. The fourth-order valence-corrected chi connectivity index (χ4v) is 4.51. The third kappa shape index (κ3) is 2.78. The van der Waals surface area contributed by atoms with Crippen LogP contribution in [-0.4, -0.2) is 18.2 Å². The van der Waals surface area contributed by atoms with Gasteiger partial charge in [-0.15, -0.1) is 0 Å². The largest absolute Gasteiger partial charge is 0.435 e. The Balaban J connectivity index is 1.65. The molecule has 4 nitrogen and oxygen atoms in total. The van der Waals surface area contributed by atoms with Gasteiger partial charge in [-0.25, -0.2) is 0 Å². The lowest BCUT2D eigenvalue weighted by atomic mass is 9.75. The Hall–Kier alpha value is -3.28. The molecule has 2 aromatic carbocycles. The van der Waals surface area contributed by atoms with Crippen LogP contribution in [0.4, 0.5) is 8.78 Å². The van der Waals surface area contributed by atoms with E-state index in [1.165, 1.54) is 12.1 Å². The third-order valence-electron chi connectivity index (χ3n) is 5.70. The Bertz CT molecular complexity index is 1100. The van der Waals surface area contributed by atoms with Crippen molar-refractivity contribution in [3.63, 3.8) is 0 Å². The second kappa shape index (κ2) is 6.65. The van der Waals surface area contributed by atoms with Gasteiger partial charge in [0.25, 0.3) is 0 Å². The van der Waals surface area contributed by atoms with E-state index in [4.69, 9.17) is 0 Å². The zero-order chi connectivity index (χ0) is 20.1. The summed E-state index contributed by atoms with van der Waals surface area (Å²) < 4.78 is 29.4. The molecule has 1 atom stereocenters. The molecular weight excluding hydrogens is 376 g/mol. The lowest BCUT2D eigenvalue weighted by Crippen LogP contribution is -2.31. The molecule has 6 heteroatoms. The number of dihydropyridines is 1. The molecule has 0 radical (unpaired) electrons. The standard InChI is InChI=1S/C23H17F2NO3/c24-23(25)29-13-10-8-12(9-11-13)18-19-16(6-3-7-17(19)27)26-21-14-4-1-2-5-15(14)22(28)20(18)21/h1-2,4-5,8-11,18,23,26H,3,6-7H2. The van der Waals surface area contributed by atoms with Crippen LogP contribution in [0, 0.1) is 0 Å². The van der Waals surface area contributed by atoms with Crippen molar-refractivity contribution in [2.75, 3.05) is 0 Å². The summed E-state index contributed by atoms with van der Waals surface area (Å²) in [4.78, 5) is 26.1. The number of nitrogens with one attached hydrogen (secondary N) is 1. The number of fused-ring (bicyclic) bond motifs is 2. The number of alkyl halides is 2. The molecule has 0 amide bonds. The van der Waals surface area contributed by atoms with Gasteiger partial charge in [0.2, 0.25) is 0 Å². The summed E-state index contributed by atoms with van der Waals surface area (Å²) >= 11 is 0. The molecule has 1 heterocycles. The van der Waals surface area contributed by atoms with E-state index in [1.54, 1.807) is 18.2 Å². The lowest BCUT2D eigenvalue weighted by molar-refractivity contribution is -0.116. The van der Waals surface area contributed by atoms with Crippen molar-refractivity contribution in [1.82, 2.24) is 5.32 Å². The first-order valence-electron chi connectivity index (χ1n) is 9.51. The van der Waals surface area contributed by atoms with Crippen LogP contribution in [-0.2, 0) is 4.79 Å². The number of allylic oxidation sites excluding steroid dienone is 3.